The summed E-state index contributed by atoms with van der Waals surface area (Å²) in [5.74, 6) is 0. The van der Waals surface area contributed by atoms with Gasteiger partial charge >= 0.3 is 6.09 Å². The van der Waals surface area contributed by atoms with E-state index in [1.165, 1.54) is 0 Å². The third kappa shape index (κ3) is 6.37. The van der Waals surface area contributed by atoms with E-state index in [0.717, 1.165) is 11.1 Å². The summed E-state index contributed by atoms with van der Waals surface area (Å²) in [6.45, 7) is 0.194. The van der Waals surface area contributed by atoms with Crippen molar-refractivity contribution in [1.29, 1.82) is 0 Å². The van der Waals surface area contributed by atoms with Gasteiger partial charge in [-0.2, -0.15) is 0 Å². The molecular formula is C21H27NO3S3. The molecule has 28 heavy (non-hydrogen) atoms. The fourth-order valence-electron chi connectivity index (χ4n) is 2.88. The zero-order chi connectivity index (χ0) is 20.4. The molecule has 0 aromatic heterocycles. The van der Waals surface area contributed by atoms with Crippen LogP contribution in [0.15, 0.2) is 60.7 Å². The van der Waals surface area contributed by atoms with Crippen molar-refractivity contribution in [2.24, 2.45) is 0 Å². The molecule has 7 heteroatoms. The number of rotatable bonds is 10. The minimum atomic E-state index is -0.767. The lowest BCUT2D eigenvalue weighted by Crippen LogP contribution is -2.52. The van der Waals surface area contributed by atoms with Gasteiger partial charge in [-0.25, -0.2) is 4.79 Å². The SMILES string of the molecule is CSC(SC)(SC)C(O)[C@H](Cc1ccccc1)NC(=O)OCc1ccccc1. The number of alkyl carbamates (subject to hydrolysis) is 1. The Morgan fingerprint density at radius 2 is 1.46 bits per heavy atom. The predicted octanol–water partition coefficient (Wildman–Crippen LogP) is 4.63. The predicted molar refractivity (Wildman–Crippen MR) is 123 cm³/mol. The van der Waals surface area contributed by atoms with Crippen LogP contribution >= 0.6 is 35.3 Å². The van der Waals surface area contributed by atoms with E-state index in [9.17, 15) is 9.90 Å². The van der Waals surface area contributed by atoms with Crippen LogP contribution in [-0.4, -0.2) is 45.5 Å². The Labute approximate surface area is 180 Å². The molecule has 0 bridgehead atoms. The van der Waals surface area contributed by atoms with Gasteiger partial charge in [-0.15, -0.1) is 35.3 Å². The Bertz CT molecular complexity index is 703. The highest BCUT2D eigenvalue weighted by Crippen LogP contribution is 2.47. The molecule has 1 amide bonds. The van der Waals surface area contributed by atoms with Crippen molar-refractivity contribution in [3.63, 3.8) is 0 Å². The summed E-state index contributed by atoms with van der Waals surface area (Å²) in [5.41, 5.74) is 1.97. The topological polar surface area (TPSA) is 58.6 Å². The third-order valence-corrected chi connectivity index (χ3v) is 9.84. The van der Waals surface area contributed by atoms with Crippen molar-refractivity contribution < 1.29 is 14.6 Å². The molecule has 0 saturated heterocycles. The van der Waals surface area contributed by atoms with E-state index in [2.05, 4.69) is 5.32 Å². The van der Waals surface area contributed by atoms with E-state index in [0.29, 0.717) is 6.42 Å². The molecule has 2 N–H and O–H groups in total. The highest BCUT2D eigenvalue weighted by Gasteiger charge is 2.41. The van der Waals surface area contributed by atoms with Gasteiger partial charge in [0.2, 0.25) is 0 Å². The van der Waals surface area contributed by atoms with E-state index in [4.69, 9.17) is 4.74 Å². The van der Waals surface area contributed by atoms with Crippen LogP contribution in [0.25, 0.3) is 0 Å². The lowest BCUT2D eigenvalue weighted by molar-refractivity contribution is 0.105. The summed E-state index contributed by atoms with van der Waals surface area (Å²) in [6.07, 6.45) is 5.15. The summed E-state index contributed by atoms with van der Waals surface area (Å²) in [5, 5.41) is 14.1. The Morgan fingerprint density at radius 3 is 1.96 bits per heavy atom. The molecule has 1 unspecified atom stereocenters. The van der Waals surface area contributed by atoms with Crippen LogP contribution < -0.4 is 5.32 Å². The average molecular weight is 438 g/mol. The Morgan fingerprint density at radius 1 is 0.964 bits per heavy atom. The molecule has 2 atom stereocenters. The smallest absolute Gasteiger partial charge is 0.407 e. The van der Waals surface area contributed by atoms with Crippen molar-refractivity contribution in [3.05, 3.63) is 71.8 Å². The molecule has 152 valence electrons. The molecule has 0 heterocycles. The molecule has 0 aliphatic heterocycles. The van der Waals surface area contributed by atoms with Crippen molar-refractivity contribution in [1.82, 2.24) is 5.32 Å². The maximum Gasteiger partial charge on any atom is 0.407 e. The Balaban J connectivity index is 2.11. The molecular weight excluding hydrogens is 410 g/mol. The van der Waals surface area contributed by atoms with Crippen LogP contribution in [0.1, 0.15) is 11.1 Å². The maximum atomic E-state index is 12.4. The van der Waals surface area contributed by atoms with E-state index < -0.39 is 21.7 Å². The third-order valence-electron chi connectivity index (χ3n) is 4.41. The van der Waals surface area contributed by atoms with E-state index in [-0.39, 0.29) is 6.61 Å². The number of carbonyl (C=O) groups is 1. The zero-order valence-electron chi connectivity index (χ0n) is 16.3. The van der Waals surface area contributed by atoms with Crippen molar-refractivity contribution >= 4 is 41.4 Å². The van der Waals surface area contributed by atoms with E-state index in [1.54, 1.807) is 35.3 Å². The lowest BCUT2D eigenvalue weighted by atomic mass is 10.0. The van der Waals surface area contributed by atoms with Gasteiger partial charge in [0.05, 0.1) is 6.04 Å². The number of aliphatic hydroxyl groups excluding tert-OH is 1. The summed E-state index contributed by atoms with van der Waals surface area (Å²) in [6, 6.07) is 18.9. The van der Waals surface area contributed by atoms with Crippen LogP contribution in [0.3, 0.4) is 0 Å². The van der Waals surface area contributed by atoms with Crippen molar-refractivity contribution in [2.75, 3.05) is 18.8 Å². The summed E-state index contributed by atoms with van der Waals surface area (Å²) < 4.78 is 4.90. The largest absolute Gasteiger partial charge is 0.445 e. The molecule has 0 saturated carbocycles. The minimum absolute atomic E-state index is 0.194. The number of nitrogens with one attached hydrogen (secondary N) is 1. The number of hydrogen-bond acceptors (Lipinski definition) is 6. The fraction of sp³-hybridized carbons (Fsp3) is 0.381. The quantitative estimate of drug-likeness (QED) is 0.529. The maximum absolute atomic E-state index is 12.4. The molecule has 2 aromatic carbocycles. The first-order chi connectivity index (χ1) is 13.5. The number of benzene rings is 2. The average Bonchev–Trinajstić information content (AvgIpc) is 2.75. The Kier molecular flexibility index (Phi) is 9.58. The molecule has 2 rings (SSSR count). The van der Waals surface area contributed by atoms with Gasteiger partial charge in [0.25, 0.3) is 0 Å². The van der Waals surface area contributed by atoms with E-state index in [1.807, 2.05) is 79.4 Å². The van der Waals surface area contributed by atoms with Gasteiger partial charge in [-0.1, -0.05) is 60.7 Å². The van der Waals surface area contributed by atoms with Gasteiger partial charge in [-0.3, -0.25) is 0 Å². The van der Waals surface area contributed by atoms with Gasteiger partial charge in [0.1, 0.15) is 16.1 Å². The zero-order valence-corrected chi connectivity index (χ0v) is 18.8. The number of aliphatic hydroxyl groups is 1. The molecule has 0 radical (unpaired) electrons. The minimum Gasteiger partial charge on any atom is -0.445 e. The highest BCUT2D eigenvalue weighted by atomic mass is 32.3. The summed E-state index contributed by atoms with van der Waals surface area (Å²) >= 11 is 4.76. The molecule has 0 aliphatic carbocycles. The summed E-state index contributed by atoms with van der Waals surface area (Å²) in [7, 11) is 0. The number of ether oxygens (including phenoxy) is 1. The molecule has 0 fully saturated rings. The number of hydrogen-bond donors (Lipinski definition) is 2. The van der Waals surface area contributed by atoms with Crippen LogP contribution in [0.4, 0.5) is 4.79 Å². The molecule has 2 aromatic rings. The van der Waals surface area contributed by atoms with Crippen LogP contribution in [-0.2, 0) is 17.8 Å². The first-order valence-electron chi connectivity index (χ1n) is 8.89. The number of amides is 1. The molecule has 4 nitrogen and oxygen atoms in total. The molecule has 0 spiro atoms. The standard InChI is InChI=1S/C21H27NO3S3/c1-26-21(27-2,28-3)19(23)18(14-16-10-6-4-7-11-16)22-20(24)25-15-17-12-8-5-9-13-17/h4-13,18-19,23H,14-15H2,1-3H3,(H,22,24)/t18-,19?/m0/s1. The second-order valence-corrected chi connectivity index (χ2v) is 10.1. The fourth-order valence-corrected chi connectivity index (χ4v) is 6.10. The first kappa shape index (κ1) is 23.0. The van der Waals surface area contributed by atoms with Crippen molar-refractivity contribution in [2.45, 2.75) is 28.6 Å². The first-order valence-corrected chi connectivity index (χ1v) is 12.6. The molecule has 0 aliphatic rings. The van der Waals surface area contributed by atoms with Crippen LogP contribution in [0, 0.1) is 0 Å². The van der Waals surface area contributed by atoms with E-state index >= 15 is 0 Å². The second kappa shape index (κ2) is 11.7. The Hall–Kier alpha value is -1.28. The van der Waals surface area contributed by atoms with Crippen LogP contribution in [0.5, 0.6) is 0 Å². The van der Waals surface area contributed by atoms with Gasteiger partial charge in [0.15, 0.2) is 0 Å². The lowest BCUT2D eigenvalue weighted by Gasteiger charge is -2.38. The monoisotopic (exact) mass is 437 g/mol. The van der Waals surface area contributed by atoms with Crippen LogP contribution in [0.2, 0.25) is 0 Å². The normalized spacial score (nSPS) is 13.6. The van der Waals surface area contributed by atoms with Gasteiger partial charge < -0.3 is 15.2 Å². The van der Waals surface area contributed by atoms with Gasteiger partial charge in [0, 0.05) is 0 Å². The number of thioether (sulfide) groups is 3. The number of carbonyl (C=O) groups excluding carboxylic acids is 1. The van der Waals surface area contributed by atoms with Gasteiger partial charge in [-0.05, 0) is 36.3 Å². The van der Waals surface area contributed by atoms with Crippen molar-refractivity contribution in [3.8, 4) is 0 Å². The summed E-state index contributed by atoms with van der Waals surface area (Å²) in [4.78, 5) is 12.4. The highest BCUT2D eigenvalue weighted by molar-refractivity contribution is 8.33. The second-order valence-electron chi connectivity index (χ2n) is 6.16.